The molecule has 4 N–H and O–H groups in total. The van der Waals surface area contributed by atoms with Crippen LogP contribution in [-0.2, 0) is 0 Å². The van der Waals surface area contributed by atoms with E-state index in [0.717, 1.165) is 0 Å². The van der Waals surface area contributed by atoms with Crippen molar-refractivity contribution in [1.29, 1.82) is 0 Å². The first kappa shape index (κ1) is 10.4. The molecule has 1 aromatic rings. The van der Waals surface area contributed by atoms with Crippen molar-refractivity contribution in [2.75, 3.05) is 7.11 Å². The van der Waals surface area contributed by atoms with Crippen molar-refractivity contribution in [3.8, 4) is 5.88 Å². The van der Waals surface area contributed by atoms with E-state index in [0.29, 0.717) is 11.6 Å². The average molecular weight is 197 g/mol. The van der Waals surface area contributed by atoms with Crippen LogP contribution in [0.3, 0.4) is 0 Å². The van der Waals surface area contributed by atoms with Gasteiger partial charge in [0, 0.05) is 6.07 Å². The first-order chi connectivity index (χ1) is 6.60. The zero-order valence-electron chi connectivity index (χ0n) is 8.56. The highest BCUT2D eigenvalue weighted by Gasteiger charge is 2.12. The fraction of sp³-hybridized carbons (Fsp3) is 0.500. The maximum atomic E-state index is 5.52. The van der Waals surface area contributed by atoms with Crippen LogP contribution in [0.4, 0.5) is 0 Å². The lowest BCUT2D eigenvalue weighted by Crippen LogP contribution is -2.17. The number of methoxy groups -OCH3 is 1. The lowest BCUT2D eigenvalue weighted by molar-refractivity contribution is 0.345. The molecule has 1 aromatic heterocycles. The highest BCUT2D eigenvalue weighted by atomic mass is 16.5. The van der Waals surface area contributed by atoms with Gasteiger partial charge in [0.15, 0.2) is 5.84 Å². The molecule has 0 bridgehead atoms. The second-order valence-corrected chi connectivity index (χ2v) is 3.12. The highest BCUT2D eigenvalue weighted by Crippen LogP contribution is 2.17. The molecular formula is C8H15N5O. The largest absolute Gasteiger partial charge is 0.481 e. The van der Waals surface area contributed by atoms with Gasteiger partial charge in [0.05, 0.1) is 13.2 Å². The summed E-state index contributed by atoms with van der Waals surface area (Å²) in [7, 11) is 1.58. The zero-order valence-corrected chi connectivity index (χ0v) is 8.56. The minimum Gasteiger partial charge on any atom is -0.481 e. The van der Waals surface area contributed by atoms with E-state index in [1.807, 2.05) is 13.8 Å². The Hall–Kier alpha value is -1.72. The van der Waals surface area contributed by atoms with Gasteiger partial charge >= 0.3 is 0 Å². The van der Waals surface area contributed by atoms with Crippen molar-refractivity contribution in [3.63, 3.8) is 0 Å². The van der Waals surface area contributed by atoms with Crippen molar-refractivity contribution >= 4 is 5.84 Å². The summed E-state index contributed by atoms with van der Waals surface area (Å²) < 4.78 is 6.85. The van der Waals surface area contributed by atoms with Gasteiger partial charge in [-0.3, -0.25) is 0 Å². The lowest BCUT2D eigenvalue weighted by Gasteiger charge is -2.08. The number of hydrogen-bond donors (Lipinski definition) is 2. The molecule has 0 aliphatic rings. The summed E-state index contributed by atoms with van der Waals surface area (Å²) in [6.45, 7) is 3.99. The SMILES string of the molecule is COc1cc(/C(N)=N/N)nn1C(C)C. The molecule has 14 heavy (non-hydrogen) atoms. The number of nitrogens with zero attached hydrogens (tertiary/aromatic N) is 3. The van der Waals surface area contributed by atoms with Gasteiger partial charge in [-0.05, 0) is 13.8 Å². The normalized spacial score (nSPS) is 12.1. The van der Waals surface area contributed by atoms with E-state index in [4.69, 9.17) is 16.3 Å². The van der Waals surface area contributed by atoms with E-state index >= 15 is 0 Å². The van der Waals surface area contributed by atoms with Crippen LogP contribution in [0.15, 0.2) is 11.2 Å². The first-order valence-electron chi connectivity index (χ1n) is 4.27. The molecule has 0 amide bonds. The van der Waals surface area contributed by atoms with E-state index in [1.165, 1.54) is 0 Å². The highest BCUT2D eigenvalue weighted by molar-refractivity contribution is 5.95. The molecule has 0 saturated carbocycles. The van der Waals surface area contributed by atoms with Crippen LogP contribution in [-0.4, -0.2) is 22.7 Å². The number of aromatic nitrogens is 2. The number of nitrogens with two attached hydrogens (primary N) is 2. The molecule has 0 atom stereocenters. The van der Waals surface area contributed by atoms with Gasteiger partial charge in [-0.2, -0.15) is 10.2 Å². The van der Waals surface area contributed by atoms with Crippen LogP contribution in [0, 0.1) is 0 Å². The maximum absolute atomic E-state index is 5.52. The third-order valence-electron chi connectivity index (χ3n) is 1.80. The maximum Gasteiger partial charge on any atom is 0.212 e. The molecule has 0 aliphatic carbocycles. The molecule has 0 radical (unpaired) electrons. The Morgan fingerprint density at radius 2 is 2.29 bits per heavy atom. The van der Waals surface area contributed by atoms with Gasteiger partial charge < -0.3 is 16.3 Å². The first-order valence-corrected chi connectivity index (χ1v) is 4.27. The van der Waals surface area contributed by atoms with E-state index in [1.54, 1.807) is 17.9 Å². The minimum absolute atomic E-state index is 0.197. The number of hydrogen-bond acceptors (Lipinski definition) is 4. The molecule has 78 valence electrons. The Kier molecular flexibility index (Phi) is 2.95. The van der Waals surface area contributed by atoms with Crippen LogP contribution < -0.4 is 16.3 Å². The monoisotopic (exact) mass is 197 g/mol. The Morgan fingerprint density at radius 3 is 2.64 bits per heavy atom. The quantitative estimate of drug-likeness (QED) is 0.310. The van der Waals surface area contributed by atoms with E-state index < -0.39 is 0 Å². The lowest BCUT2D eigenvalue weighted by atomic mass is 10.4. The minimum atomic E-state index is 0.197. The van der Waals surface area contributed by atoms with Gasteiger partial charge in [0.1, 0.15) is 5.69 Å². The standard InChI is InChI=1S/C8H15N5O/c1-5(2)13-7(14-3)4-6(12-13)8(9)11-10/h4-5H,10H2,1-3H3,(H2,9,11). The second kappa shape index (κ2) is 3.99. The fourth-order valence-electron chi connectivity index (χ4n) is 1.09. The van der Waals surface area contributed by atoms with Crippen molar-refractivity contribution in [1.82, 2.24) is 9.78 Å². The van der Waals surface area contributed by atoms with Crippen LogP contribution in [0.2, 0.25) is 0 Å². The van der Waals surface area contributed by atoms with Crippen molar-refractivity contribution < 1.29 is 4.74 Å². The average Bonchev–Trinajstić information content (AvgIpc) is 2.60. The molecule has 1 heterocycles. The molecule has 0 saturated heterocycles. The van der Waals surface area contributed by atoms with Crippen molar-refractivity contribution in [2.45, 2.75) is 19.9 Å². The van der Waals surface area contributed by atoms with Crippen LogP contribution in [0.1, 0.15) is 25.6 Å². The van der Waals surface area contributed by atoms with Crippen molar-refractivity contribution in [2.24, 2.45) is 16.7 Å². The molecule has 0 aromatic carbocycles. The molecule has 6 nitrogen and oxygen atoms in total. The van der Waals surface area contributed by atoms with Crippen LogP contribution in [0.5, 0.6) is 5.88 Å². The number of amidine groups is 1. The van der Waals surface area contributed by atoms with Crippen LogP contribution in [0.25, 0.3) is 0 Å². The molecule has 6 heteroatoms. The van der Waals surface area contributed by atoms with Gasteiger partial charge in [0.2, 0.25) is 5.88 Å². The third kappa shape index (κ3) is 1.78. The molecule has 0 spiro atoms. The fourth-order valence-corrected chi connectivity index (χ4v) is 1.09. The number of ether oxygens (including phenoxy) is 1. The third-order valence-corrected chi connectivity index (χ3v) is 1.80. The molecular weight excluding hydrogens is 182 g/mol. The van der Waals surface area contributed by atoms with Crippen molar-refractivity contribution in [3.05, 3.63) is 11.8 Å². The summed E-state index contributed by atoms with van der Waals surface area (Å²) in [4.78, 5) is 0. The predicted octanol–water partition coefficient (Wildman–Crippen LogP) is 0.0516. The molecule has 0 fully saturated rings. The summed E-state index contributed by atoms with van der Waals surface area (Å²) in [6, 6.07) is 1.90. The predicted molar refractivity (Wildman–Crippen MR) is 54.1 cm³/mol. The van der Waals surface area contributed by atoms with E-state index in [2.05, 4.69) is 10.2 Å². The Bertz CT molecular complexity index is 342. The topological polar surface area (TPSA) is 91.4 Å². The van der Waals surface area contributed by atoms with Crippen LogP contribution >= 0.6 is 0 Å². The summed E-state index contributed by atoms with van der Waals surface area (Å²) in [6.07, 6.45) is 0. The van der Waals surface area contributed by atoms with Gasteiger partial charge in [-0.1, -0.05) is 0 Å². The second-order valence-electron chi connectivity index (χ2n) is 3.12. The molecule has 0 unspecified atom stereocenters. The van der Waals surface area contributed by atoms with Gasteiger partial charge in [-0.25, -0.2) is 4.68 Å². The summed E-state index contributed by atoms with van der Waals surface area (Å²) in [5, 5.41) is 7.58. The van der Waals surface area contributed by atoms with Gasteiger partial charge in [-0.15, -0.1) is 0 Å². The van der Waals surface area contributed by atoms with Gasteiger partial charge in [0.25, 0.3) is 0 Å². The number of hydrazone groups is 1. The van der Waals surface area contributed by atoms with E-state index in [9.17, 15) is 0 Å². The Morgan fingerprint density at radius 1 is 1.64 bits per heavy atom. The molecule has 1 rings (SSSR count). The van der Waals surface area contributed by atoms with E-state index in [-0.39, 0.29) is 11.9 Å². The smallest absolute Gasteiger partial charge is 0.212 e. The summed E-state index contributed by atoms with van der Waals surface area (Å²) in [5.74, 6) is 5.89. The Labute approximate surface area is 82.5 Å². The molecule has 0 aliphatic heterocycles. The summed E-state index contributed by atoms with van der Waals surface area (Å²) >= 11 is 0. The number of rotatable bonds is 3. The summed E-state index contributed by atoms with van der Waals surface area (Å²) in [5.41, 5.74) is 6.05. The zero-order chi connectivity index (χ0) is 10.7. The Balaban J connectivity index is 3.13.